The number of carboxylic acid groups (broad SMARTS) is 1. The second-order valence-corrected chi connectivity index (χ2v) is 6.92. The number of hydrogen-bond acceptors (Lipinski definition) is 3. The van der Waals surface area contributed by atoms with Crippen molar-refractivity contribution in [3.8, 4) is 0 Å². The molecule has 3 N–H and O–H groups in total. The molecule has 1 heterocycles. The van der Waals surface area contributed by atoms with E-state index in [0.29, 0.717) is 6.42 Å². The third-order valence-electron chi connectivity index (χ3n) is 4.10. The Morgan fingerprint density at radius 1 is 1.35 bits per heavy atom. The van der Waals surface area contributed by atoms with Crippen LogP contribution in [0.25, 0.3) is 0 Å². The maximum Gasteiger partial charge on any atom is 0.304 e. The fourth-order valence-electron chi connectivity index (χ4n) is 3.53. The Bertz CT molecular complexity index is 328. The molecule has 0 saturated carbocycles. The minimum absolute atomic E-state index is 0.0347. The average molecular weight is 243 g/mol. The molecular weight excluding hydrogens is 218 g/mol. The zero-order valence-electron chi connectivity index (χ0n) is 11.8. The Kier molecular flexibility index (Phi) is 3.14. The summed E-state index contributed by atoms with van der Waals surface area (Å²) in [6.07, 6.45) is 0.690. The van der Waals surface area contributed by atoms with Gasteiger partial charge in [0.05, 0.1) is 17.6 Å². The molecule has 0 aromatic carbocycles. The van der Waals surface area contributed by atoms with E-state index in [1.54, 1.807) is 0 Å². The lowest BCUT2D eigenvalue weighted by Gasteiger charge is -2.48. The van der Waals surface area contributed by atoms with Crippen molar-refractivity contribution in [3.05, 3.63) is 0 Å². The maximum atomic E-state index is 11.2. The van der Waals surface area contributed by atoms with Gasteiger partial charge in [0.25, 0.3) is 0 Å². The van der Waals surface area contributed by atoms with E-state index in [1.807, 2.05) is 41.5 Å². The zero-order valence-corrected chi connectivity index (χ0v) is 11.8. The summed E-state index contributed by atoms with van der Waals surface area (Å²) in [6.45, 7) is 11.7. The van der Waals surface area contributed by atoms with Crippen LogP contribution in [0.2, 0.25) is 0 Å². The maximum absolute atomic E-state index is 11.2. The summed E-state index contributed by atoms with van der Waals surface area (Å²) in [5.74, 6) is -0.821. The molecule has 0 aromatic rings. The first kappa shape index (κ1) is 14.5. The third-order valence-corrected chi connectivity index (χ3v) is 4.10. The van der Waals surface area contributed by atoms with Crippen molar-refractivity contribution in [2.45, 2.75) is 71.1 Å². The summed E-state index contributed by atoms with van der Waals surface area (Å²) < 4.78 is 6.04. The first-order chi connectivity index (χ1) is 7.33. The smallest absolute Gasteiger partial charge is 0.304 e. The van der Waals surface area contributed by atoms with Crippen LogP contribution in [-0.4, -0.2) is 27.8 Å². The molecule has 0 amide bonds. The highest BCUT2D eigenvalue weighted by molar-refractivity contribution is 5.68. The van der Waals surface area contributed by atoms with Crippen molar-refractivity contribution >= 4 is 5.97 Å². The van der Waals surface area contributed by atoms with Crippen LogP contribution in [0.1, 0.15) is 54.4 Å². The number of carboxylic acids is 1. The highest BCUT2D eigenvalue weighted by atomic mass is 16.5. The lowest BCUT2D eigenvalue weighted by Crippen LogP contribution is -2.60. The Morgan fingerprint density at radius 2 is 1.82 bits per heavy atom. The van der Waals surface area contributed by atoms with Crippen molar-refractivity contribution < 1.29 is 14.6 Å². The number of carbonyl (C=O) groups is 1. The Labute approximate surface area is 104 Å². The number of hydrogen-bond donors (Lipinski definition) is 2. The second-order valence-electron chi connectivity index (χ2n) is 6.92. The molecule has 4 nitrogen and oxygen atoms in total. The van der Waals surface area contributed by atoms with Gasteiger partial charge in [-0.05, 0) is 48.0 Å². The molecule has 0 aromatic heterocycles. The largest absolute Gasteiger partial charge is 0.481 e. The molecule has 4 heteroatoms. The van der Waals surface area contributed by atoms with Gasteiger partial charge in [-0.25, -0.2) is 0 Å². The van der Waals surface area contributed by atoms with Gasteiger partial charge in [-0.3, -0.25) is 4.79 Å². The van der Waals surface area contributed by atoms with E-state index in [2.05, 4.69) is 0 Å². The van der Waals surface area contributed by atoms with Gasteiger partial charge in [-0.2, -0.15) is 0 Å². The van der Waals surface area contributed by atoms with Gasteiger partial charge in [-0.1, -0.05) is 0 Å². The molecule has 1 atom stereocenters. The molecule has 0 bridgehead atoms. The van der Waals surface area contributed by atoms with E-state index in [9.17, 15) is 9.90 Å². The van der Waals surface area contributed by atoms with Crippen molar-refractivity contribution in [3.63, 3.8) is 0 Å². The topological polar surface area (TPSA) is 72.5 Å². The monoisotopic (exact) mass is 243 g/mol. The Balaban J connectivity index is 3.29. The molecule has 17 heavy (non-hydrogen) atoms. The van der Waals surface area contributed by atoms with E-state index < -0.39 is 22.5 Å². The summed E-state index contributed by atoms with van der Waals surface area (Å²) in [4.78, 5) is 11.2. The van der Waals surface area contributed by atoms with Crippen LogP contribution in [0, 0.1) is 5.41 Å². The predicted octanol–water partition coefficient (Wildman–Crippen LogP) is 2.16. The van der Waals surface area contributed by atoms with Gasteiger partial charge >= 0.3 is 5.97 Å². The number of aliphatic carboxylic acids is 1. The standard InChI is InChI=1S/C13H25NO3/c1-10(2)8-13(7-9(15)16,11(3,4)14)12(5,6)17-10/h7-8,14H2,1-6H3,(H,15,16). The minimum Gasteiger partial charge on any atom is -0.481 e. The van der Waals surface area contributed by atoms with Gasteiger partial charge in [0.2, 0.25) is 0 Å². The van der Waals surface area contributed by atoms with Crippen LogP contribution in [0.15, 0.2) is 0 Å². The van der Waals surface area contributed by atoms with Crippen LogP contribution in [-0.2, 0) is 9.53 Å². The van der Waals surface area contributed by atoms with Crippen LogP contribution < -0.4 is 5.73 Å². The molecule has 0 spiro atoms. The molecule has 1 fully saturated rings. The summed E-state index contributed by atoms with van der Waals surface area (Å²) in [6, 6.07) is 0. The minimum atomic E-state index is -0.821. The van der Waals surface area contributed by atoms with Crippen molar-refractivity contribution in [1.29, 1.82) is 0 Å². The molecule has 100 valence electrons. The van der Waals surface area contributed by atoms with Crippen LogP contribution in [0.4, 0.5) is 0 Å². The molecule has 0 radical (unpaired) electrons. The van der Waals surface area contributed by atoms with E-state index in [4.69, 9.17) is 10.5 Å². The lowest BCUT2D eigenvalue weighted by molar-refractivity contribution is -0.149. The van der Waals surface area contributed by atoms with Crippen LogP contribution in [0.5, 0.6) is 0 Å². The van der Waals surface area contributed by atoms with Gasteiger partial charge < -0.3 is 15.6 Å². The van der Waals surface area contributed by atoms with Gasteiger partial charge in [0.15, 0.2) is 0 Å². The summed E-state index contributed by atoms with van der Waals surface area (Å²) in [7, 11) is 0. The zero-order chi connectivity index (χ0) is 13.7. The number of nitrogens with two attached hydrogens (primary N) is 1. The summed E-state index contributed by atoms with van der Waals surface area (Å²) in [5.41, 5.74) is 4.22. The summed E-state index contributed by atoms with van der Waals surface area (Å²) in [5, 5.41) is 9.19. The molecular formula is C13H25NO3. The van der Waals surface area contributed by atoms with Crippen molar-refractivity contribution in [2.75, 3.05) is 0 Å². The highest BCUT2D eigenvalue weighted by Gasteiger charge is 2.63. The quantitative estimate of drug-likeness (QED) is 0.796. The van der Waals surface area contributed by atoms with E-state index in [1.165, 1.54) is 0 Å². The SMILES string of the molecule is CC1(C)CC(CC(=O)O)(C(C)(C)N)C(C)(C)O1. The third kappa shape index (κ3) is 2.33. The normalized spacial score (nSPS) is 31.5. The first-order valence-electron chi connectivity index (χ1n) is 6.04. The van der Waals surface area contributed by atoms with E-state index in [-0.39, 0.29) is 12.0 Å². The van der Waals surface area contributed by atoms with Crippen molar-refractivity contribution in [2.24, 2.45) is 11.1 Å². The summed E-state index contributed by atoms with van der Waals surface area (Å²) >= 11 is 0. The molecule has 1 rings (SSSR count). The van der Waals surface area contributed by atoms with Gasteiger partial charge in [-0.15, -0.1) is 0 Å². The lowest BCUT2D eigenvalue weighted by atomic mass is 9.59. The first-order valence-corrected chi connectivity index (χ1v) is 6.04. The Morgan fingerprint density at radius 3 is 2.06 bits per heavy atom. The molecule has 1 aliphatic heterocycles. The molecule has 1 unspecified atom stereocenters. The molecule has 1 aliphatic rings. The van der Waals surface area contributed by atoms with Gasteiger partial charge in [0.1, 0.15) is 0 Å². The van der Waals surface area contributed by atoms with E-state index in [0.717, 1.165) is 0 Å². The molecule has 0 aliphatic carbocycles. The number of ether oxygens (including phenoxy) is 1. The van der Waals surface area contributed by atoms with Crippen molar-refractivity contribution in [1.82, 2.24) is 0 Å². The number of rotatable bonds is 3. The fourth-order valence-corrected chi connectivity index (χ4v) is 3.53. The van der Waals surface area contributed by atoms with Gasteiger partial charge in [0, 0.05) is 11.0 Å². The predicted molar refractivity (Wildman–Crippen MR) is 66.8 cm³/mol. The Hall–Kier alpha value is -0.610. The van der Waals surface area contributed by atoms with Crippen LogP contribution in [0.3, 0.4) is 0 Å². The van der Waals surface area contributed by atoms with Crippen LogP contribution >= 0.6 is 0 Å². The highest BCUT2D eigenvalue weighted by Crippen LogP contribution is 2.57. The molecule has 1 saturated heterocycles. The second kappa shape index (κ2) is 3.69. The fraction of sp³-hybridized carbons (Fsp3) is 0.923. The average Bonchev–Trinajstić information content (AvgIpc) is 2.13. The van der Waals surface area contributed by atoms with E-state index >= 15 is 0 Å².